The van der Waals surface area contributed by atoms with Crippen LogP contribution in [0.4, 0.5) is 0 Å². The molecule has 0 saturated carbocycles. The van der Waals surface area contributed by atoms with Crippen LogP contribution in [0.3, 0.4) is 0 Å². The summed E-state index contributed by atoms with van der Waals surface area (Å²) in [6.07, 6.45) is 2.47. The molecule has 0 aromatic carbocycles. The summed E-state index contributed by atoms with van der Waals surface area (Å²) < 4.78 is 4.84. The molecule has 5 heteroatoms. The van der Waals surface area contributed by atoms with E-state index >= 15 is 0 Å². The van der Waals surface area contributed by atoms with Gasteiger partial charge in [0.05, 0.1) is 12.1 Å². The van der Waals surface area contributed by atoms with Gasteiger partial charge < -0.3 is 10.1 Å². The van der Waals surface area contributed by atoms with Crippen molar-refractivity contribution in [2.45, 2.75) is 30.8 Å². The van der Waals surface area contributed by atoms with Gasteiger partial charge in [0.2, 0.25) is 0 Å². The van der Waals surface area contributed by atoms with Gasteiger partial charge in [-0.2, -0.15) is 0 Å². The molecule has 0 aliphatic heterocycles. The van der Waals surface area contributed by atoms with Crippen molar-refractivity contribution in [3.05, 3.63) is 24.4 Å². The average Bonchev–Trinajstić information content (AvgIpc) is 2.39. The van der Waals surface area contributed by atoms with Crippen LogP contribution in [0, 0.1) is 0 Å². The van der Waals surface area contributed by atoms with Gasteiger partial charge in [-0.1, -0.05) is 13.0 Å². The van der Waals surface area contributed by atoms with E-state index in [1.54, 1.807) is 18.0 Å². The smallest absolute Gasteiger partial charge is 0.325 e. The molecule has 1 aromatic heterocycles. The summed E-state index contributed by atoms with van der Waals surface area (Å²) in [5.41, 5.74) is -0.620. The molecule has 0 fully saturated rings. The Morgan fingerprint density at radius 1 is 1.56 bits per heavy atom. The number of hydrogen-bond donors (Lipinski definition) is 1. The van der Waals surface area contributed by atoms with E-state index in [2.05, 4.69) is 10.3 Å². The van der Waals surface area contributed by atoms with E-state index < -0.39 is 5.54 Å². The lowest BCUT2D eigenvalue weighted by molar-refractivity contribution is -0.147. The second kappa shape index (κ2) is 7.38. The number of aromatic nitrogens is 1. The molecule has 0 aliphatic rings. The van der Waals surface area contributed by atoms with Crippen molar-refractivity contribution in [1.29, 1.82) is 0 Å². The molecule has 0 saturated heterocycles. The van der Waals surface area contributed by atoms with Crippen LogP contribution in [0.15, 0.2) is 29.4 Å². The first-order valence-electron chi connectivity index (χ1n) is 5.99. The van der Waals surface area contributed by atoms with E-state index in [9.17, 15) is 4.79 Å². The number of hydrogen-bond acceptors (Lipinski definition) is 5. The first-order chi connectivity index (χ1) is 8.62. The summed E-state index contributed by atoms with van der Waals surface area (Å²) >= 11 is 1.64. The van der Waals surface area contributed by atoms with Gasteiger partial charge in [-0.25, -0.2) is 4.98 Å². The first kappa shape index (κ1) is 15.0. The monoisotopic (exact) mass is 268 g/mol. The second-order valence-electron chi connectivity index (χ2n) is 4.12. The molecule has 1 unspecified atom stereocenters. The van der Waals surface area contributed by atoms with Crippen molar-refractivity contribution in [2.24, 2.45) is 0 Å². The molecule has 1 atom stereocenters. The van der Waals surface area contributed by atoms with Crippen LogP contribution in [-0.4, -0.2) is 35.9 Å². The summed E-state index contributed by atoms with van der Waals surface area (Å²) in [4.78, 5) is 16.0. The van der Waals surface area contributed by atoms with Crippen molar-refractivity contribution in [3.63, 3.8) is 0 Å². The number of methoxy groups -OCH3 is 1. The van der Waals surface area contributed by atoms with Crippen LogP contribution in [0.1, 0.15) is 20.3 Å². The van der Waals surface area contributed by atoms with Crippen LogP contribution in [0.2, 0.25) is 0 Å². The molecular weight excluding hydrogens is 248 g/mol. The van der Waals surface area contributed by atoms with Gasteiger partial charge in [0, 0.05) is 11.9 Å². The number of carbonyl (C=O) groups is 1. The number of carbonyl (C=O) groups excluding carboxylic acids is 1. The van der Waals surface area contributed by atoms with Crippen molar-refractivity contribution >= 4 is 17.7 Å². The zero-order valence-electron chi connectivity index (χ0n) is 11.1. The van der Waals surface area contributed by atoms with Crippen molar-refractivity contribution in [2.75, 3.05) is 19.4 Å². The number of esters is 1. The molecule has 1 N–H and O–H groups in total. The highest BCUT2D eigenvalue weighted by atomic mass is 32.2. The van der Waals surface area contributed by atoms with Crippen molar-refractivity contribution in [1.82, 2.24) is 10.3 Å². The average molecular weight is 268 g/mol. The SMILES string of the molecule is CCNC(C)(CCSc1ccccn1)C(=O)OC. The number of rotatable bonds is 7. The maximum atomic E-state index is 11.8. The molecule has 0 bridgehead atoms. The summed E-state index contributed by atoms with van der Waals surface area (Å²) in [6, 6.07) is 5.81. The Balaban J connectivity index is 2.50. The number of ether oxygens (including phenoxy) is 1. The molecule has 18 heavy (non-hydrogen) atoms. The number of pyridine rings is 1. The fourth-order valence-corrected chi connectivity index (χ4v) is 2.70. The van der Waals surface area contributed by atoms with Crippen LogP contribution >= 0.6 is 11.8 Å². The largest absolute Gasteiger partial charge is 0.468 e. The summed E-state index contributed by atoms with van der Waals surface area (Å²) in [5, 5.41) is 4.16. The fourth-order valence-electron chi connectivity index (χ4n) is 1.67. The van der Waals surface area contributed by atoms with E-state index in [0.717, 1.165) is 17.3 Å². The number of thioether (sulfide) groups is 1. The van der Waals surface area contributed by atoms with Gasteiger partial charge in [0.25, 0.3) is 0 Å². The number of nitrogens with zero attached hydrogens (tertiary/aromatic N) is 1. The van der Waals surface area contributed by atoms with E-state index in [4.69, 9.17) is 4.74 Å². The Morgan fingerprint density at radius 3 is 2.89 bits per heavy atom. The minimum Gasteiger partial charge on any atom is -0.468 e. The highest BCUT2D eigenvalue weighted by Crippen LogP contribution is 2.20. The third-order valence-electron chi connectivity index (χ3n) is 2.69. The minimum absolute atomic E-state index is 0.217. The van der Waals surface area contributed by atoms with Crippen LogP contribution in [0.5, 0.6) is 0 Å². The van der Waals surface area contributed by atoms with Gasteiger partial charge >= 0.3 is 5.97 Å². The maximum Gasteiger partial charge on any atom is 0.325 e. The predicted molar refractivity (Wildman–Crippen MR) is 73.7 cm³/mol. The van der Waals surface area contributed by atoms with E-state index in [1.807, 2.05) is 32.0 Å². The summed E-state index contributed by atoms with van der Waals surface area (Å²) in [5.74, 6) is 0.598. The van der Waals surface area contributed by atoms with Crippen molar-refractivity contribution in [3.8, 4) is 0 Å². The molecule has 4 nitrogen and oxygen atoms in total. The molecule has 100 valence electrons. The Labute approximate surface area is 113 Å². The Kier molecular flexibility index (Phi) is 6.15. The summed E-state index contributed by atoms with van der Waals surface area (Å²) in [7, 11) is 1.42. The highest BCUT2D eigenvalue weighted by Gasteiger charge is 2.32. The highest BCUT2D eigenvalue weighted by molar-refractivity contribution is 7.99. The Hall–Kier alpha value is -1.07. The second-order valence-corrected chi connectivity index (χ2v) is 5.24. The third-order valence-corrected chi connectivity index (χ3v) is 3.64. The van der Waals surface area contributed by atoms with Crippen molar-refractivity contribution < 1.29 is 9.53 Å². The van der Waals surface area contributed by atoms with E-state index in [1.165, 1.54) is 7.11 Å². The third kappa shape index (κ3) is 4.31. The normalized spacial score (nSPS) is 13.9. The molecule has 0 aliphatic carbocycles. The van der Waals surface area contributed by atoms with Gasteiger partial charge in [0.1, 0.15) is 5.54 Å². The number of nitrogens with one attached hydrogen (secondary N) is 1. The molecule has 0 radical (unpaired) electrons. The van der Waals surface area contributed by atoms with Gasteiger partial charge in [-0.3, -0.25) is 4.79 Å². The minimum atomic E-state index is -0.620. The lowest BCUT2D eigenvalue weighted by atomic mass is 9.99. The van der Waals surface area contributed by atoms with Crippen LogP contribution < -0.4 is 5.32 Å². The van der Waals surface area contributed by atoms with Gasteiger partial charge in [0.15, 0.2) is 0 Å². The number of likely N-dealkylation sites (N-methyl/N-ethyl adjacent to an activating group) is 1. The molecule has 0 amide bonds. The maximum absolute atomic E-state index is 11.8. The molecule has 1 heterocycles. The van der Waals surface area contributed by atoms with Crippen LogP contribution in [0.25, 0.3) is 0 Å². The summed E-state index contributed by atoms with van der Waals surface area (Å²) in [6.45, 7) is 4.59. The Bertz CT molecular complexity index is 373. The van der Waals surface area contributed by atoms with E-state index in [0.29, 0.717) is 6.42 Å². The molecule has 0 spiro atoms. The zero-order valence-corrected chi connectivity index (χ0v) is 11.9. The first-order valence-corrected chi connectivity index (χ1v) is 6.98. The quantitative estimate of drug-likeness (QED) is 0.606. The van der Waals surface area contributed by atoms with E-state index in [-0.39, 0.29) is 5.97 Å². The topological polar surface area (TPSA) is 51.2 Å². The Morgan fingerprint density at radius 2 is 2.33 bits per heavy atom. The fraction of sp³-hybridized carbons (Fsp3) is 0.538. The molecule has 1 aromatic rings. The van der Waals surface area contributed by atoms with Gasteiger partial charge in [-0.05, 0) is 32.0 Å². The van der Waals surface area contributed by atoms with Crippen LogP contribution in [-0.2, 0) is 9.53 Å². The zero-order chi connectivity index (χ0) is 13.4. The predicted octanol–water partition coefficient (Wildman–Crippen LogP) is 2.10. The lowest BCUT2D eigenvalue weighted by Gasteiger charge is -2.27. The van der Waals surface area contributed by atoms with Gasteiger partial charge in [-0.15, -0.1) is 11.8 Å². The standard InChI is InChI=1S/C13H20N2O2S/c1-4-15-13(2,12(16)17-3)8-10-18-11-7-5-6-9-14-11/h5-7,9,15H,4,8,10H2,1-3H3. The molecular formula is C13H20N2O2S. The lowest BCUT2D eigenvalue weighted by Crippen LogP contribution is -2.50. The molecule has 1 rings (SSSR count).